The van der Waals surface area contributed by atoms with Crippen LogP contribution in [0.1, 0.15) is 22.8 Å². The number of imide groups is 1. The van der Waals surface area contributed by atoms with Crippen LogP contribution in [0.25, 0.3) is 10.2 Å². The number of amides is 3. The van der Waals surface area contributed by atoms with Crippen molar-refractivity contribution in [2.24, 2.45) is 0 Å². The van der Waals surface area contributed by atoms with E-state index in [0.717, 1.165) is 48.6 Å². The molecule has 2 saturated heterocycles. The molecule has 3 aromatic rings. The Morgan fingerprint density at radius 2 is 1.87 bits per heavy atom. The predicted molar refractivity (Wildman–Crippen MR) is 155 cm³/mol. The van der Waals surface area contributed by atoms with Gasteiger partial charge in [0.1, 0.15) is 5.75 Å². The van der Waals surface area contributed by atoms with Crippen molar-refractivity contribution in [2.75, 3.05) is 76.4 Å². The Hall–Kier alpha value is -2.96. The molecule has 3 heterocycles. The van der Waals surface area contributed by atoms with Crippen LogP contribution in [0.5, 0.6) is 5.75 Å². The number of morpholine rings is 1. The van der Waals surface area contributed by atoms with Gasteiger partial charge in [0.25, 0.3) is 5.91 Å². The molecule has 10 nitrogen and oxygen atoms in total. The van der Waals surface area contributed by atoms with Crippen LogP contribution in [0.2, 0.25) is 5.02 Å². The molecule has 2 aliphatic heterocycles. The van der Waals surface area contributed by atoms with Crippen LogP contribution in [0.15, 0.2) is 30.3 Å². The van der Waals surface area contributed by atoms with E-state index in [1.54, 1.807) is 12.1 Å². The molecule has 39 heavy (non-hydrogen) atoms. The molecule has 0 radical (unpaired) electrons. The summed E-state index contributed by atoms with van der Waals surface area (Å²) in [5.74, 6) is -0.0162. The first-order valence-electron chi connectivity index (χ1n) is 13.1. The summed E-state index contributed by atoms with van der Waals surface area (Å²) in [5.41, 5.74) is 2.94. The highest BCUT2D eigenvalue weighted by atomic mass is 35.5. The number of nitrogens with one attached hydrogen (secondary N) is 2. The molecular formula is C27H33ClN6O4S. The molecule has 12 heteroatoms. The number of likely N-dealkylation sites (N-methyl/N-ethyl adjacent to an activating group) is 1. The molecule has 0 bridgehead atoms. The molecule has 208 valence electrons. The minimum atomic E-state index is -0.672. The summed E-state index contributed by atoms with van der Waals surface area (Å²) in [5, 5.41) is 5.69. The Morgan fingerprint density at radius 3 is 2.62 bits per heavy atom. The lowest BCUT2D eigenvalue weighted by Gasteiger charge is -2.32. The zero-order chi connectivity index (χ0) is 27.4. The molecule has 2 aliphatic rings. The summed E-state index contributed by atoms with van der Waals surface area (Å²) in [4.78, 5) is 37.1. The van der Waals surface area contributed by atoms with Crippen LogP contribution in [-0.2, 0) is 11.3 Å². The molecule has 2 N–H and O–H groups in total. The van der Waals surface area contributed by atoms with Crippen molar-refractivity contribution in [1.29, 1.82) is 0 Å². The van der Waals surface area contributed by atoms with Gasteiger partial charge in [-0.25, -0.2) is 9.78 Å². The standard InChI is InChI=1S/C27H33ClN6O4S/c1-3-38-23-16-20(28)19(15-22(23)34-10-12-37-13-11-34)25(35)30-26(36)31-27-29-21-5-4-18(14-24(21)39-27)17-33-8-6-32(2)7-9-33/h4-5,14-16H,3,6-13,17H2,1-2H3,(H2,29,30,31,35,36). The van der Waals surface area contributed by atoms with Crippen LogP contribution in [0.4, 0.5) is 15.6 Å². The molecule has 3 amide bonds. The van der Waals surface area contributed by atoms with Gasteiger partial charge in [-0.15, -0.1) is 0 Å². The van der Waals surface area contributed by atoms with Crippen LogP contribution in [-0.4, -0.2) is 92.9 Å². The van der Waals surface area contributed by atoms with Crippen molar-refractivity contribution in [2.45, 2.75) is 13.5 Å². The Bertz CT molecular complexity index is 1340. The van der Waals surface area contributed by atoms with E-state index in [1.807, 2.05) is 13.0 Å². The van der Waals surface area contributed by atoms with Crippen molar-refractivity contribution in [1.82, 2.24) is 20.1 Å². The SMILES string of the molecule is CCOc1cc(Cl)c(C(=O)NC(=O)Nc2nc3ccc(CN4CCN(C)CC4)cc3s2)cc1N1CCOCC1. The molecule has 2 aromatic carbocycles. The summed E-state index contributed by atoms with van der Waals surface area (Å²) in [6.07, 6.45) is 0. The number of piperazine rings is 1. The van der Waals surface area contributed by atoms with E-state index in [0.29, 0.717) is 43.8 Å². The maximum absolute atomic E-state index is 13.0. The number of anilines is 2. The zero-order valence-corrected chi connectivity index (χ0v) is 23.7. The lowest BCUT2D eigenvalue weighted by molar-refractivity contribution is 0.0967. The second-order valence-corrected chi connectivity index (χ2v) is 11.1. The number of urea groups is 1. The predicted octanol–water partition coefficient (Wildman–Crippen LogP) is 3.89. The first-order chi connectivity index (χ1) is 18.9. The lowest BCUT2D eigenvalue weighted by atomic mass is 10.1. The smallest absolute Gasteiger partial charge is 0.327 e. The van der Waals surface area contributed by atoms with Gasteiger partial charge in [0.05, 0.1) is 46.3 Å². The van der Waals surface area contributed by atoms with Gasteiger partial charge in [0.2, 0.25) is 0 Å². The number of benzene rings is 2. The van der Waals surface area contributed by atoms with E-state index < -0.39 is 11.9 Å². The number of carbonyl (C=O) groups is 2. The van der Waals surface area contributed by atoms with Crippen molar-refractivity contribution in [3.8, 4) is 5.75 Å². The number of hydrogen-bond acceptors (Lipinski definition) is 9. The third-order valence-corrected chi connectivity index (χ3v) is 8.09. The maximum Gasteiger partial charge on any atom is 0.327 e. The number of thiazole rings is 1. The molecule has 0 aliphatic carbocycles. The Morgan fingerprint density at radius 1 is 1.10 bits per heavy atom. The molecule has 1 aromatic heterocycles. The highest BCUT2D eigenvalue weighted by Gasteiger charge is 2.22. The molecule has 2 fully saturated rings. The minimum Gasteiger partial charge on any atom is -0.492 e. The van der Waals surface area contributed by atoms with E-state index in [-0.39, 0.29) is 10.6 Å². The van der Waals surface area contributed by atoms with Crippen molar-refractivity contribution < 1.29 is 19.1 Å². The molecule has 0 spiro atoms. The first kappa shape index (κ1) is 27.6. The van der Waals surface area contributed by atoms with Gasteiger partial charge in [-0.1, -0.05) is 29.0 Å². The number of ether oxygens (including phenoxy) is 2. The van der Waals surface area contributed by atoms with Gasteiger partial charge in [-0.3, -0.25) is 20.3 Å². The van der Waals surface area contributed by atoms with Gasteiger partial charge in [-0.2, -0.15) is 0 Å². The monoisotopic (exact) mass is 572 g/mol. The van der Waals surface area contributed by atoms with Gasteiger partial charge < -0.3 is 19.3 Å². The van der Waals surface area contributed by atoms with Gasteiger partial charge in [0.15, 0.2) is 5.13 Å². The molecule has 0 atom stereocenters. The molecule has 0 unspecified atom stereocenters. The third-order valence-electron chi connectivity index (χ3n) is 6.85. The summed E-state index contributed by atoms with van der Waals surface area (Å²) in [7, 11) is 2.15. The van der Waals surface area contributed by atoms with Gasteiger partial charge >= 0.3 is 6.03 Å². The van der Waals surface area contributed by atoms with Crippen LogP contribution in [0.3, 0.4) is 0 Å². The molecule has 5 rings (SSSR count). The largest absolute Gasteiger partial charge is 0.492 e. The number of aromatic nitrogens is 1. The van der Waals surface area contributed by atoms with E-state index in [4.69, 9.17) is 21.1 Å². The Labute approximate surface area is 236 Å². The van der Waals surface area contributed by atoms with Crippen molar-refractivity contribution in [3.63, 3.8) is 0 Å². The fraction of sp³-hybridized carbons (Fsp3) is 0.444. The summed E-state index contributed by atoms with van der Waals surface area (Å²) >= 11 is 7.80. The number of fused-ring (bicyclic) bond motifs is 1. The van der Waals surface area contributed by atoms with E-state index in [1.165, 1.54) is 16.9 Å². The van der Waals surface area contributed by atoms with Crippen LogP contribution in [0, 0.1) is 0 Å². The average Bonchev–Trinajstić information content (AvgIpc) is 3.32. The summed E-state index contributed by atoms with van der Waals surface area (Å²) in [6, 6.07) is 8.78. The van der Waals surface area contributed by atoms with Crippen LogP contribution >= 0.6 is 22.9 Å². The molecule has 0 saturated carbocycles. The Kier molecular flexibility index (Phi) is 8.83. The number of hydrogen-bond donors (Lipinski definition) is 2. The van der Waals surface area contributed by atoms with Crippen molar-refractivity contribution in [3.05, 3.63) is 46.5 Å². The van der Waals surface area contributed by atoms with E-state index in [2.05, 4.69) is 49.5 Å². The minimum absolute atomic E-state index is 0.189. The average molecular weight is 573 g/mol. The van der Waals surface area contributed by atoms with Gasteiger partial charge in [-0.05, 0) is 37.7 Å². The van der Waals surface area contributed by atoms with E-state index >= 15 is 0 Å². The van der Waals surface area contributed by atoms with Crippen LogP contribution < -0.4 is 20.3 Å². The highest BCUT2D eigenvalue weighted by Crippen LogP contribution is 2.35. The maximum atomic E-state index is 13.0. The third kappa shape index (κ3) is 6.79. The highest BCUT2D eigenvalue weighted by molar-refractivity contribution is 7.22. The number of halogens is 1. The van der Waals surface area contributed by atoms with Gasteiger partial charge in [0, 0.05) is 51.9 Å². The number of carbonyl (C=O) groups excluding carboxylic acids is 2. The normalized spacial score (nSPS) is 16.8. The van der Waals surface area contributed by atoms with E-state index in [9.17, 15) is 9.59 Å². The summed E-state index contributed by atoms with van der Waals surface area (Å²) < 4.78 is 12.2. The second kappa shape index (κ2) is 12.5. The van der Waals surface area contributed by atoms with Crippen molar-refractivity contribution >= 4 is 55.9 Å². The topological polar surface area (TPSA) is 99.3 Å². The number of nitrogens with zero attached hydrogens (tertiary/aromatic N) is 4. The quantitative estimate of drug-likeness (QED) is 0.440. The zero-order valence-electron chi connectivity index (χ0n) is 22.2. The first-order valence-corrected chi connectivity index (χ1v) is 14.3. The fourth-order valence-electron chi connectivity index (χ4n) is 4.72. The lowest BCUT2D eigenvalue weighted by Crippen LogP contribution is -2.43. The number of rotatable bonds is 7. The Balaban J connectivity index is 1.25. The fourth-order valence-corrected chi connectivity index (χ4v) is 5.89. The second-order valence-electron chi connectivity index (χ2n) is 9.64. The summed E-state index contributed by atoms with van der Waals surface area (Å²) in [6.45, 7) is 9.96. The molecular weight excluding hydrogens is 540 g/mol.